The van der Waals surface area contributed by atoms with Gasteiger partial charge in [-0.25, -0.2) is 9.97 Å². The number of para-hydroxylation sites is 1. The minimum absolute atomic E-state index is 0.0372. The van der Waals surface area contributed by atoms with E-state index >= 15 is 0 Å². The Hall–Kier alpha value is -1.92. The standard InChI is InChI=1S/C20H21N3OS2/c1-13-7-8-15-16(11-13)26-20-18(15)19(21-12-22-20)25-10-9-17(24)23-14-5-3-2-4-6-14/h2-6,12-13H,7-11H2,1H3,(H,23,24)/t13-/m1/s1. The Bertz CT molecular complexity index is 923. The van der Waals surface area contributed by atoms with Gasteiger partial charge in [0.05, 0.1) is 0 Å². The molecule has 2 aromatic heterocycles. The molecule has 0 bridgehead atoms. The van der Waals surface area contributed by atoms with Crippen molar-refractivity contribution in [3.05, 3.63) is 47.1 Å². The summed E-state index contributed by atoms with van der Waals surface area (Å²) in [5.41, 5.74) is 2.29. The van der Waals surface area contributed by atoms with Crippen molar-refractivity contribution in [2.45, 2.75) is 37.6 Å². The molecule has 1 aliphatic rings. The van der Waals surface area contributed by atoms with E-state index < -0.39 is 0 Å². The van der Waals surface area contributed by atoms with Crippen LogP contribution in [0.25, 0.3) is 10.2 Å². The first-order valence-corrected chi connectivity index (χ1v) is 10.7. The Morgan fingerprint density at radius 1 is 1.31 bits per heavy atom. The number of carbonyl (C=O) groups excluding carboxylic acids is 1. The number of carbonyl (C=O) groups is 1. The molecule has 1 atom stereocenters. The Morgan fingerprint density at radius 2 is 2.15 bits per heavy atom. The Morgan fingerprint density at radius 3 is 3.00 bits per heavy atom. The second-order valence-corrected chi connectivity index (χ2v) is 8.89. The summed E-state index contributed by atoms with van der Waals surface area (Å²) in [6.45, 7) is 2.32. The predicted octanol–water partition coefficient (Wildman–Crippen LogP) is 4.94. The number of fused-ring (bicyclic) bond motifs is 3. The van der Waals surface area contributed by atoms with Gasteiger partial charge in [0, 0.05) is 28.1 Å². The molecule has 1 aromatic carbocycles. The number of anilines is 1. The van der Waals surface area contributed by atoms with Crippen molar-refractivity contribution in [3.8, 4) is 0 Å². The SMILES string of the molecule is C[C@@H]1CCc2c(sc3ncnc(SCCC(=O)Nc4ccccc4)c23)C1. The van der Waals surface area contributed by atoms with Gasteiger partial charge >= 0.3 is 0 Å². The molecule has 0 aliphatic heterocycles. The van der Waals surface area contributed by atoms with Crippen LogP contribution in [-0.4, -0.2) is 21.6 Å². The van der Waals surface area contributed by atoms with Crippen molar-refractivity contribution in [1.29, 1.82) is 0 Å². The second-order valence-electron chi connectivity index (χ2n) is 6.72. The second kappa shape index (κ2) is 7.76. The van der Waals surface area contributed by atoms with Crippen LogP contribution in [0.1, 0.15) is 30.2 Å². The summed E-state index contributed by atoms with van der Waals surface area (Å²) in [4.78, 5) is 23.7. The van der Waals surface area contributed by atoms with Crippen LogP contribution in [-0.2, 0) is 17.6 Å². The Labute approximate surface area is 161 Å². The number of nitrogens with zero attached hydrogens (tertiary/aromatic N) is 2. The van der Waals surface area contributed by atoms with Crippen molar-refractivity contribution in [3.63, 3.8) is 0 Å². The third-order valence-electron chi connectivity index (χ3n) is 4.68. The van der Waals surface area contributed by atoms with E-state index in [1.54, 1.807) is 18.1 Å². The number of amides is 1. The number of nitrogens with one attached hydrogen (secondary N) is 1. The molecule has 0 unspecified atom stereocenters. The van der Waals surface area contributed by atoms with Crippen LogP contribution in [0.3, 0.4) is 0 Å². The molecule has 134 valence electrons. The van der Waals surface area contributed by atoms with Crippen LogP contribution < -0.4 is 5.32 Å². The average molecular weight is 384 g/mol. The molecule has 1 aliphatic carbocycles. The van der Waals surface area contributed by atoms with Gasteiger partial charge in [0.2, 0.25) is 5.91 Å². The number of thioether (sulfide) groups is 1. The van der Waals surface area contributed by atoms with Gasteiger partial charge < -0.3 is 5.32 Å². The summed E-state index contributed by atoms with van der Waals surface area (Å²) in [6, 6.07) is 9.58. The fourth-order valence-electron chi connectivity index (χ4n) is 3.34. The van der Waals surface area contributed by atoms with Crippen LogP contribution in [0.2, 0.25) is 0 Å². The Balaban J connectivity index is 1.44. The van der Waals surface area contributed by atoms with Crippen LogP contribution in [0, 0.1) is 5.92 Å². The largest absolute Gasteiger partial charge is 0.326 e. The summed E-state index contributed by atoms with van der Waals surface area (Å²) in [7, 11) is 0. The van der Waals surface area contributed by atoms with E-state index in [0.29, 0.717) is 12.2 Å². The van der Waals surface area contributed by atoms with Crippen LogP contribution in [0.4, 0.5) is 5.69 Å². The lowest BCUT2D eigenvalue weighted by Crippen LogP contribution is -2.12. The van der Waals surface area contributed by atoms with Gasteiger partial charge in [-0.1, -0.05) is 25.1 Å². The number of aromatic nitrogens is 2. The smallest absolute Gasteiger partial charge is 0.225 e. The highest BCUT2D eigenvalue weighted by molar-refractivity contribution is 7.99. The maximum atomic E-state index is 12.1. The molecule has 1 N–H and O–H groups in total. The van der Waals surface area contributed by atoms with Crippen LogP contribution in [0.15, 0.2) is 41.7 Å². The number of thiophene rings is 1. The molecule has 0 saturated carbocycles. The normalized spacial score (nSPS) is 16.4. The molecular formula is C20H21N3OS2. The monoisotopic (exact) mass is 383 g/mol. The zero-order valence-electron chi connectivity index (χ0n) is 14.7. The van der Waals surface area contributed by atoms with Gasteiger partial charge in [0.15, 0.2) is 0 Å². The van der Waals surface area contributed by atoms with Gasteiger partial charge in [-0.15, -0.1) is 23.1 Å². The zero-order chi connectivity index (χ0) is 17.9. The summed E-state index contributed by atoms with van der Waals surface area (Å²) in [5, 5.41) is 5.18. The first-order valence-electron chi connectivity index (χ1n) is 8.93. The highest BCUT2D eigenvalue weighted by Crippen LogP contribution is 2.40. The minimum Gasteiger partial charge on any atom is -0.326 e. The van der Waals surface area contributed by atoms with Crippen LogP contribution >= 0.6 is 23.1 Å². The quantitative estimate of drug-likeness (QED) is 0.501. The molecular weight excluding hydrogens is 362 g/mol. The van der Waals surface area contributed by atoms with Gasteiger partial charge in [-0.3, -0.25) is 4.79 Å². The molecule has 4 nitrogen and oxygen atoms in total. The molecule has 2 heterocycles. The van der Waals surface area contributed by atoms with Crippen molar-refractivity contribution in [2.24, 2.45) is 5.92 Å². The van der Waals surface area contributed by atoms with Gasteiger partial charge in [-0.2, -0.15) is 0 Å². The molecule has 6 heteroatoms. The summed E-state index contributed by atoms with van der Waals surface area (Å²) < 4.78 is 0. The summed E-state index contributed by atoms with van der Waals surface area (Å²) in [6.07, 6.45) is 5.62. The number of hydrogen-bond donors (Lipinski definition) is 1. The molecule has 26 heavy (non-hydrogen) atoms. The number of rotatable bonds is 5. The van der Waals surface area contributed by atoms with E-state index in [1.807, 2.05) is 41.7 Å². The topological polar surface area (TPSA) is 54.9 Å². The predicted molar refractivity (Wildman–Crippen MR) is 109 cm³/mol. The highest BCUT2D eigenvalue weighted by atomic mass is 32.2. The molecule has 1 amide bonds. The fraction of sp³-hybridized carbons (Fsp3) is 0.350. The molecule has 4 rings (SSSR count). The first-order chi connectivity index (χ1) is 12.7. The first kappa shape index (κ1) is 17.5. The van der Waals surface area contributed by atoms with Gasteiger partial charge in [0.1, 0.15) is 16.2 Å². The molecule has 0 saturated heterocycles. The minimum atomic E-state index is 0.0372. The summed E-state index contributed by atoms with van der Waals surface area (Å²) in [5.74, 6) is 1.50. The van der Waals surface area contributed by atoms with E-state index in [2.05, 4.69) is 22.2 Å². The number of aryl methyl sites for hydroxylation is 1. The summed E-state index contributed by atoms with van der Waals surface area (Å²) >= 11 is 3.48. The lowest BCUT2D eigenvalue weighted by Gasteiger charge is -2.18. The Kier molecular flexibility index (Phi) is 5.22. The van der Waals surface area contributed by atoms with Crippen LogP contribution in [0.5, 0.6) is 0 Å². The van der Waals surface area contributed by atoms with E-state index in [1.165, 1.54) is 22.2 Å². The van der Waals surface area contributed by atoms with Crippen molar-refractivity contribution in [2.75, 3.05) is 11.1 Å². The highest BCUT2D eigenvalue weighted by Gasteiger charge is 2.23. The van der Waals surface area contributed by atoms with E-state index in [-0.39, 0.29) is 5.91 Å². The van der Waals surface area contributed by atoms with Gasteiger partial charge in [-0.05, 0) is 42.9 Å². The van der Waals surface area contributed by atoms with E-state index in [0.717, 1.165) is 34.3 Å². The lowest BCUT2D eigenvalue weighted by molar-refractivity contribution is -0.115. The maximum absolute atomic E-state index is 12.1. The number of hydrogen-bond acceptors (Lipinski definition) is 5. The molecule has 0 fully saturated rings. The van der Waals surface area contributed by atoms with Crippen molar-refractivity contribution < 1.29 is 4.79 Å². The fourth-order valence-corrected chi connectivity index (χ4v) is 5.72. The molecule has 3 aromatic rings. The van der Waals surface area contributed by atoms with Gasteiger partial charge in [0.25, 0.3) is 0 Å². The molecule has 0 radical (unpaired) electrons. The van der Waals surface area contributed by atoms with Crippen molar-refractivity contribution in [1.82, 2.24) is 9.97 Å². The van der Waals surface area contributed by atoms with E-state index in [9.17, 15) is 4.79 Å². The van der Waals surface area contributed by atoms with E-state index in [4.69, 9.17) is 0 Å². The average Bonchev–Trinajstić information content (AvgIpc) is 3.00. The van der Waals surface area contributed by atoms with Crippen molar-refractivity contribution >= 4 is 44.9 Å². The molecule has 0 spiro atoms. The maximum Gasteiger partial charge on any atom is 0.225 e. The zero-order valence-corrected chi connectivity index (χ0v) is 16.3. The third kappa shape index (κ3) is 3.76. The number of benzene rings is 1. The third-order valence-corrected chi connectivity index (χ3v) is 6.84. The lowest BCUT2D eigenvalue weighted by atomic mass is 9.89.